The van der Waals surface area contributed by atoms with Gasteiger partial charge in [0.2, 0.25) is 10.0 Å². The molecule has 0 saturated heterocycles. The first kappa shape index (κ1) is 23.0. The normalized spacial score (nSPS) is 14.9. The van der Waals surface area contributed by atoms with E-state index < -0.39 is 15.9 Å². The summed E-state index contributed by atoms with van der Waals surface area (Å²) in [5, 5.41) is 0. The van der Waals surface area contributed by atoms with Gasteiger partial charge in [-0.3, -0.25) is 4.79 Å². The van der Waals surface area contributed by atoms with E-state index in [2.05, 4.69) is 4.99 Å². The van der Waals surface area contributed by atoms with Crippen LogP contribution in [0.3, 0.4) is 0 Å². The Kier molecular flexibility index (Phi) is 6.75. The lowest BCUT2D eigenvalue weighted by molar-refractivity contribution is 0.0997. The highest BCUT2D eigenvalue weighted by Crippen LogP contribution is 2.30. The molecule has 7 nitrogen and oxygen atoms in total. The Bertz CT molecular complexity index is 1310. The summed E-state index contributed by atoms with van der Waals surface area (Å²) < 4.78 is 35.2. The van der Waals surface area contributed by atoms with Crippen molar-refractivity contribution in [3.8, 4) is 5.75 Å². The van der Waals surface area contributed by atoms with Crippen LogP contribution in [-0.4, -0.2) is 55.4 Å². The number of hydrogen-bond donors (Lipinski definition) is 0. The number of fused-ring (bicyclic) bond motifs is 1. The highest BCUT2D eigenvalue weighted by Gasteiger charge is 2.35. The molecule has 1 saturated carbocycles. The molecule has 0 bridgehead atoms. The molecule has 0 unspecified atom stereocenters. The number of rotatable bonds is 8. The Morgan fingerprint density at radius 2 is 1.97 bits per heavy atom. The third-order valence-corrected chi connectivity index (χ3v) is 9.02. The van der Waals surface area contributed by atoms with Gasteiger partial charge in [0.25, 0.3) is 5.91 Å². The smallest absolute Gasteiger partial charge is 0.279 e. The van der Waals surface area contributed by atoms with Crippen LogP contribution in [0.15, 0.2) is 52.4 Å². The van der Waals surface area contributed by atoms with Gasteiger partial charge < -0.3 is 9.30 Å². The molecule has 0 spiro atoms. The zero-order valence-corrected chi connectivity index (χ0v) is 20.6. The minimum atomic E-state index is -3.54. The summed E-state index contributed by atoms with van der Waals surface area (Å²) in [6, 6.07) is 11.9. The van der Waals surface area contributed by atoms with Gasteiger partial charge in [0.1, 0.15) is 5.75 Å². The first-order valence-corrected chi connectivity index (χ1v) is 13.8. The zero-order valence-electron chi connectivity index (χ0n) is 18.1. The highest BCUT2D eigenvalue weighted by molar-refractivity contribution is 7.98. The first-order chi connectivity index (χ1) is 15.3. The predicted molar refractivity (Wildman–Crippen MR) is 129 cm³/mol. The number of amides is 1. The fraction of sp³-hybridized carbons (Fsp3) is 0.364. The summed E-state index contributed by atoms with van der Waals surface area (Å²) in [7, 11) is -0.315. The average molecular weight is 492 g/mol. The molecule has 1 fully saturated rings. The lowest BCUT2D eigenvalue weighted by atomic mass is 10.2. The van der Waals surface area contributed by atoms with Crippen molar-refractivity contribution < 1.29 is 17.9 Å². The molecule has 0 N–H and O–H groups in total. The van der Waals surface area contributed by atoms with E-state index in [1.54, 1.807) is 25.9 Å². The molecule has 1 heterocycles. The molecule has 32 heavy (non-hydrogen) atoms. The summed E-state index contributed by atoms with van der Waals surface area (Å²) in [6.45, 7) is 0.713. The van der Waals surface area contributed by atoms with Crippen LogP contribution in [0.25, 0.3) is 10.2 Å². The minimum Gasteiger partial charge on any atom is -0.497 e. The summed E-state index contributed by atoms with van der Waals surface area (Å²) in [6.07, 6.45) is 3.82. The number of thiazole rings is 1. The fourth-order valence-electron chi connectivity index (χ4n) is 3.38. The number of nitrogens with zero attached hydrogens (tertiary/aromatic N) is 3. The number of carbonyl (C=O) groups excluding carboxylic acids is 1. The van der Waals surface area contributed by atoms with Gasteiger partial charge in [-0.25, -0.2) is 8.42 Å². The van der Waals surface area contributed by atoms with Crippen LogP contribution in [0.1, 0.15) is 23.2 Å². The van der Waals surface area contributed by atoms with E-state index in [1.807, 2.05) is 29.0 Å². The zero-order chi connectivity index (χ0) is 22.9. The lowest BCUT2D eigenvalue weighted by Gasteiger charge is -2.16. The van der Waals surface area contributed by atoms with Crippen LogP contribution in [0.2, 0.25) is 0 Å². The molecule has 10 heteroatoms. The summed E-state index contributed by atoms with van der Waals surface area (Å²) in [5.41, 5.74) is 1.32. The van der Waals surface area contributed by atoms with Gasteiger partial charge in [-0.1, -0.05) is 11.3 Å². The number of benzene rings is 2. The second kappa shape index (κ2) is 9.38. The van der Waals surface area contributed by atoms with Gasteiger partial charge in [0.05, 0.1) is 22.2 Å². The molecule has 0 aliphatic heterocycles. The molecular formula is C22H25N3O4S3. The molecule has 170 valence electrons. The second-order valence-corrected chi connectivity index (χ2v) is 11.5. The van der Waals surface area contributed by atoms with E-state index in [9.17, 15) is 13.2 Å². The monoisotopic (exact) mass is 491 g/mol. The van der Waals surface area contributed by atoms with Crippen molar-refractivity contribution in [2.45, 2.75) is 30.3 Å². The number of sulfonamides is 1. The first-order valence-electron chi connectivity index (χ1n) is 10.2. The summed E-state index contributed by atoms with van der Waals surface area (Å²) in [5.74, 6) is 1.23. The second-order valence-electron chi connectivity index (χ2n) is 7.56. The van der Waals surface area contributed by atoms with Gasteiger partial charge in [-0.15, -0.1) is 0 Å². The number of aryl methyl sites for hydroxylation is 1. The molecule has 2 aromatic carbocycles. The molecule has 0 radical (unpaired) electrons. The number of ether oxygens (including phenoxy) is 1. The number of hydrogen-bond acceptors (Lipinski definition) is 6. The van der Waals surface area contributed by atoms with E-state index >= 15 is 0 Å². The van der Waals surface area contributed by atoms with E-state index in [-0.39, 0.29) is 10.9 Å². The third-order valence-electron chi connectivity index (χ3n) is 5.44. The van der Waals surface area contributed by atoms with Gasteiger partial charge >= 0.3 is 0 Å². The molecule has 1 aliphatic rings. The maximum Gasteiger partial charge on any atom is 0.279 e. The van der Waals surface area contributed by atoms with Crippen molar-refractivity contribution in [1.29, 1.82) is 0 Å². The Labute approximate surface area is 195 Å². The van der Waals surface area contributed by atoms with E-state index in [1.165, 1.54) is 39.9 Å². The highest BCUT2D eigenvalue weighted by atomic mass is 32.2. The number of methoxy groups -OCH3 is 1. The quantitative estimate of drug-likeness (QED) is 0.481. The van der Waals surface area contributed by atoms with Gasteiger partial charge in [-0.05, 0) is 55.5 Å². The molecule has 1 amide bonds. The van der Waals surface area contributed by atoms with E-state index in [0.29, 0.717) is 16.9 Å². The van der Waals surface area contributed by atoms with Crippen LogP contribution >= 0.6 is 23.1 Å². The predicted octanol–water partition coefficient (Wildman–Crippen LogP) is 3.60. The lowest BCUT2D eigenvalue weighted by Crippen LogP contribution is -2.28. The van der Waals surface area contributed by atoms with Gasteiger partial charge in [-0.2, -0.15) is 21.1 Å². The van der Waals surface area contributed by atoms with Gasteiger partial charge in [0.15, 0.2) is 4.80 Å². The maximum atomic E-state index is 12.9. The summed E-state index contributed by atoms with van der Waals surface area (Å²) in [4.78, 5) is 18.1. The van der Waals surface area contributed by atoms with Crippen LogP contribution < -0.4 is 9.54 Å². The Morgan fingerprint density at radius 3 is 2.59 bits per heavy atom. The van der Waals surface area contributed by atoms with Crippen molar-refractivity contribution in [3.63, 3.8) is 0 Å². The fourth-order valence-corrected chi connectivity index (χ4v) is 6.20. The van der Waals surface area contributed by atoms with Crippen LogP contribution in [-0.2, 0) is 16.6 Å². The molecular weight excluding hydrogens is 466 g/mol. The van der Waals surface area contributed by atoms with Crippen LogP contribution in [0.5, 0.6) is 5.75 Å². The maximum absolute atomic E-state index is 12.9. The van der Waals surface area contributed by atoms with Crippen molar-refractivity contribution in [1.82, 2.24) is 8.87 Å². The topological polar surface area (TPSA) is 81.0 Å². The van der Waals surface area contributed by atoms with E-state index in [0.717, 1.165) is 34.6 Å². The molecule has 0 atom stereocenters. The van der Waals surface area contributed by atoms with Crippen molar-refractivity contribution >= 4 is 49.2 Å². The van der Waals surface area contributed by atoms with E-state index in [4.69, 9.17) is 4.74 Å². The molecule has 3 aromatic rings. The Balaban J connectivity index is 1.67. The van der Waals surface area contributed by atoms with Gasteiger partial charge in [0, 0.05) is 37.0 Å². The number of aromatic nitrogens is 1. The standard InChI is InChI=1S/C22H25N3O4S3/c1-24(16-6-7-16)32(27,28)18-9-4-15(5-10-18)21(26)23-22-25(12-13-30-3)19-14-17(29-2)8-11-20(19)31-22/h4-5,8-11,14,16H,6-7,12-13H2,1-3H3. The number of thioether (sulfide) groups is 1. The minimum absolute atomic E-state index is 0.0830. The third kappa shape index (κ3) is 4.63. The Hall–Kier alpha value is -2.14. The van der Waals surface area contributed by atoms with Crippen molar-refractivity contribution in [2.24, 2.45) is 4.99 Å². The average Bonchev–Trinajstić information content (AvgIpc) is 3.59. The van der Waals surface area contributed by atoms with Crippen LogP contribution in [0.4, 0.5) is 0 Å². The molecule has 4 rings (SSSR count). The largest absolute Gasteiger partial charge is 0.497 e. The van der Waals surface area contributed by atoms with Crippen LogP contribution in [0, 0.1) is 0 Å². The van der Waals surface area contributed by atoms with Crippen molar-refractivity contribution in [2.75, 3.05) is 26.2 Å². The number of carbonyl (C=O) groups is 1. The molecule has 1 aromatic heterocycles. The molecule has 1 aliphatic carbocycles. The van der Waals surface area contributed by atoms with Crippen molar-refractivity contribution in [3.05, 3.63) is 52.8 Å². The summed E-state index contributed by atoms with van der Waals surface area (Å²) >= 11 is 3.17. The SMILES string of the molecule is COc1ccc2sc(=NC(=O)c3ccc(S(=O)(=O)N(C)C4CC4)cc3)n(CCSC)c2c1. The Morgan fingerprint density at radius 1 is 1.25 bits per heavy atom.